The molecule has 0 aliphatic rings. The predicted molar refractivity (Wildman–Crippen MR) is 95.7 cm³/mol. The lowest BCUT2D eigenvalue weighted by molar-refractivity contribution is 0.0471. The minimum Gasteiger partial charge on any atom is -0.457 e. The van der Waals surface area contributed by atoms with E-state index in [0.717, 1.165) is 23.4 Å². The van der Waals surface area contributed by atoms with E-state index in [1.165, 1.54) is 18.3 Å². The van der Waals surface area contributed by atoms with Crippen LogP contribution < -0.4 is 0 Å². The van der Waals surface area contributed by atoms with Crippen molar-refractivity contribution < 1.29 is 13.9 Å². The summed E-state index contributed by atoms with van der Waals surface area (Å²) < 4.78 is 18.1. The van der Waals surface area contributed by atoms with Gasteiger partial charge in [0.05, 0.1) is 17.6 Å². The van der Waals surface area contributed by atoms with Crippen molar-refractivity contribution >= 4 is 18.0 Å². The van der Waals surface area contributed by atoms with Crippen molar-refractivity contribution in [2.75, 3.05) is 13.6 Å². The molecule has 0 atom stereocenters. The molecule has 0 bridgehead atoms. The second kappa shape index (κ2) is 8.37. The average Bonchev–Trinajstić information content (AvgIpc) is 2.61. The van der Waals surface area contributed by atoms with Crippen LogP contribution in [-0.4, -0.2) is 35.8 Å². The van der Waals surface area contributed by atoms with Gasteiger partial charge >= 0.3 is 5.97 Å². The topological polar surface area (TPSA) is 54.8 Å². The Morgan fingerprint density at radius 1 is 1.32 bits per heavy atom. The average molecular weight is 343 g/mol. The van der Waals surface area contributed by atoms with E-state index in [-0.39, 0.29) is 6.61 Å². The fourth-order valence-electron chi connectivity index (χ4n) is 2.12. The summed E-state index contributed by atoms with van der Waals surface area (Å²) in [6, 6.07) is 6.42. The first kappa shape index (κ1) is 18.6. The van der Waals surface area contributed by atoms with Crippen LogP contribution in [0.1, 0.15) is 34.0 Å². The highest BCUT2D eigenvalue weighted by Gasteiger charge is 2.13. The first-order valence-corrected chi connectivity index (χ1v) is 8.04. The van der Waals surface area contributed by atoms with Crippen molar-refractivity contribution in [3.05, 3.63) is 58.7 Å². The number of benzene rings is 1. The van der Waals surface area contributed by atoms with Crippen LogP contribution in [0.3, 0.4) is 0 Å². The molecule has 0 amide bonds. The van der Waals surface area contributed by atoms with Gasteiger partial charge in [0, 0.05) is 25.4 Å². The zero-order valence-electron chi connectivity index (χ0n) is 14.9. The second-order valence-electron chi connectivity index (χ2n) is 5.84. The van der Waals surface area contributed by atoms with Gasteiger partial charge in [0.2, 0.25) is 5.95 Å². The third-order valence-electron chi connectivity index (χ3n) is 3.81. The molecular weight excluding hydrogens is 321 g/mol. The Morgan fingerprint density at radius 3 is 2.72 bits per heavy atom. The highest BCUT2D eigenvalue weighted by atomic mass is 19.1. The number of hydrogen-bond acceptors (Lipinski definition) is 4. The molecule has 0 N–H and O–H groups in total. The maximum Gasteiger partial charge on any atom is 0.338 e. The summed E-state index contributed by atoms with van der Waals surface area (Å²) in [4.78, 5) is 22.3. The number of rotatable bonds is 6. The van der Waals surface area contributed by atoms with E-state index in [2.05, 4.69) is 9.98 Å². The lowest BCUT2D eigenvalue weighted by Crippen LogP contribution is -2.14. The first-order chi connectivity index (χ1) is 11.9. The minimum absolute atomic E-state index is 0.0474. The second-order valence-corrected chi connectivity index (χ2v) is 5.84. The van der Waals surface area contributed by atoms with Crippen LogP contribution >= 0.6 is 0 Å². The number of aryl methyl sites for hydroxylation is 2. The van der Waals surface area contributed by atoms with Gasteiger partial charge in [-0.25, -0.2) is 14.8 Å². The third kappa shape index (κ3) is 5.11. The van der Waals surface area contributed by atoms with Crippen LogP contribution in [0.5, 0.6) is 0 Å². The monoisotopic (exact) mass is 343 g/mol. The summed E-state index contributed by atoms with van der Waals surface area (Å²) >= 11 is 0. The number of ether oxygens (including phenoxy) is 1. The van der Waals surface area contributed by atoms with Crippen molar-refractivity contribution in [3.8, 4) is 0 Å². The van der Waals surface area contributed by atoms with Crippen LogP contribution in [-0.2, 0) is 11.3 Å². The molecule has 0 unspecified atom stereocenters. The molecule has 1 aromatic carbocycles. The number of pyridine rings is 1. The van der Waals surface area contributed by atoms with Gasteiger partial charge in [-0.3, -0.25) is 0 Å². The Bertz CT molecular complexity index is 773. The van der Waals surface area contributed by atoms with E-state index < -0.39 is 11.9 Å². The summed E-state index contributed by atoms with van der Waals surface area (Å²) in [6.45, 7) is 6.70. The van der Waals surface area contributed by atoms with E-state index in [1.54, 1.807) is 12.4 Å². The van der Waals surface area contributed by atoms with Crippen LogP contribution in [0.4, 0.5) is 10.1 Å². The molecular formula is C19H22FN3O2. The quantitative estimate of drug-likeness (QED) is 0.346. The molecule has 1 aromatic heterocycles. The third-order valence-corrected chi connectivity index (χ3v) is 3.81. The number of nitrogens with zero attached hydrogens (tertiary/aromatic N) is 3. The van der Waals surface area contributed by atoms with Crippen LogP contribution in [0.25, 0.3) is 0 Å². The maximum atomic E-state index is 12.8. The van der Waals surface area contributed by atoms with E-state index in [4.69, 9.17) is 4.74 Å². The fraction of sp³-hybridized carbons (Fsp3) is 0.316. The maximum absolute atomic E-state index is 12.8. The summed E-state index contributed by atoms with van der Waals surface area (Å²) in [5, 5.41) is 0. The molecule has 5 nitrogen and oxygen atoms in total. The molecule has 25 heavy (non-hydrogen) atoms. The molecule has 2 aromatic rings. The standard InChI is InChI=1S/C19H22FN3O2/c1-5-23(4)12-22-17-9-13(2)16(8-14(17)3)19(24)25-11-15-6-7-18(20)21-10-15/h6-10,12H,5,11H2,1-4H3/b22-12+. The molecule has 0 aliphatic heterocycles. The number of carbonyl (C=O) groups excluding carboxylic acids is 1. The van der Waals surface area contributed by atoms with E-state index in [1.807, 2.05) is 38.8 Å². The number of aliphatic imine (C=N–C) groups is 1. The van der Waals surface area contributed by atoms with Gasteiger partial charge in [-0.2, -0.15) is 4.39 Å². The van der Waals surface area contributed by atoms with Crippen molar-refractivity contribution in [2.45, 2.75) is 27.4 Å². The summed E-state index contributed by atoms with van der Waals surface area (Å²) in [7, 11) is 1.95. The Hall–Kier alpha value is -2.76. The number of aromatic nitrogens is 1. The van der Waals surface area contributed by atoms with Gasteiger partial charge in [-0.15, -0.1) is 0 Å². The van der Waals surface area contributed by atoms with Gasteiger partial charge in [0.15, 0.2) is 0 Å². The lowest BCUT2D eigenvalue weighted by atomic mass is 10.0. The molecule has 0 spiro atoms. The van der Waals surface area contributed by atoms with E-state index in [9.17, 15) is 9.18 Å². The normalized spacial score (nSPS) is 10.9. The summed E-state index contributed by atoms with van der Waals surface area (Å²) in [6.07, 6.45) is 3.12. The SMILES string of the molecule is CCN(C)/C=N/c1cc(C)c(C(=O)OCc2ccc(F)nc2)cc1C. The Labute approximate surface area is 147 Å². The van der Waals surface area contributed by atoms with Gasteiger partial charge in [-0.05, 0) is 56.2 Å². The Morgan fingerprint density at radius 2 is 2.08 bits per heavy atom. The molecule has 0 radical (unpaired) electrons. The van der Waals surface area contributed by atoms with Gasteiger partial charge < -0.3 is 9.64 Å². The molecule has 6 heteroatoms. The molecule has 1 heterocycles. The number of esters is 1. The largest absolute Gasteiger partial charge is 0.457 e. The van der Waals surface area contributed by atoms with Crippen molar-refractivity contribution in [2.24, 2.45) is 4.99 Å². The molecule has 2 rings (SSSR count). The summed E-state index contributed by atoms with van der Waals surface area (Å²) in [5.41, 5.74) is 3.63. The fourth-order valence-corrected chi connectivity index (χ4v) is 2.12. The Balaban J connectivity index is 2.10. The molecule has 0 saturated carbocycles. The minimum atomic E-state index is -0.564. The number of hydrogen-bond donors (Lipinski definition) is 0. The predicted octanol–water partition coefficient (Wildman–Crippen LogP) is 3.81. The van der Waals surface area contributed by atoms with Gasteiger partial charge in [-0.1, -0.05) is 0 Å². The van der Waals surface area contributed by atoms with Gasteiger partial charge in [0.25, 0.3) is 0 Å². The highest BCUT2D eigenvalue weighted by molar-refractivity contribution is 5.92. The van der Waals surface area contributed by atoms with E-state index >= 15 is 0 Å². The Kier molecular flexibility index (Phi) is 6.22. The lowest BCUT2D eigenvalue weighted by Gasteiger charge is -2.12. The number of halogens is 1. The van der Waals surface area contributed by atoms with Crippen LogP contribution in [0, 0.1) is 19.8 Å². The van der Waals surface area contributed by atoms with E-state index in [0.29, 0.717) is 11.1 Å². The molecule has 0 aliphatic carbocycles. The zero-order chi connectivity index (χ0) is 18.4. The number of carbonyl (C=O) groups is 1. The smallest absolute Gasteiger partial charge is 0.338 e. The first-order valence-electron chi connectivity index (χ1n) is 8.04. The van der Waals surface area contributed by atoms with Crippen LogP contribution in [0.2, 0.25) is 0 Å². The summed E-state index contributed by atoms with van der Waals surface area (Å²) in [5.74, 6) is -0.988. The molecule has 0 fully saturated rings. The molecule has 0 saturated heterocycles. The van der Waals surface area contributed by atoms with Crippen LogP contribution in [0.15, 0.2) is 35.5 Å². The van der Waals surface area contributed by atoms with Crippen molar-refractivity contribution in [3.63, 3.8) is 0 Å². The molecule has 132 valence electrons. The van der Waals surface area contributed by atoms with Crippen molar-refractivity contribution in [1.82, 2.24) is 9.88 Å². The van der Waals surface area contributed by atoms with Gasteiger partial charge in [0.1, 0.15) is 6.61 Å². The van der Waals surface area contributed by atoms with Crippen molar-refractivity contribution in [1.29, 1.82) is 0 Å². The highest BCUT2D eigenvalue weighted by Crippen LogP contribution is 2.24. The zero-order valence-corrected chi connectivity index (χ0v) is 14.9.